The van der Waals surface area contributed by atoms with Gasteiger partial charge in [0.15, 0.2) is 11.9 Å². The summed E-state index contributed by atoms with van der Waals surface area (Å²) in [5.41, 5.74) is 27.9. The van der Waals surface area contributed by atoms with E-state index in [1.807, 2.05) is 0 Å². The van der Waals surface area contributed by atoms with E-state index >= 15 is 0 Å². The fraction of sp³-hybridized carbons (Fsp3) is 0.587. The quantitative estimate of drug-likeness (QED) is 0.0173. The summed E-state index contributed by atoms with van der Waals surface area (Å²) in [7, 11) is 0. The Hall–Kier alpha value is -8.11. The molecule has 0 aromatic heterocycles. The molecule has 0 heterocycles. The Bertz CT molecular complexity index is 2190. The van der Waals surface area contributed by atoms with Crippen molar-refractivity contribution in [1.29, 1.82) is 0 Å². The van der Waals surface area contributed by atoms with Crippen LogP contribution in [-0.4, -0.2) is 159 Å². The van der Waals surface area contributed by atoms with Crippen molar-refractivity contribution in [3.63, 3.8) is 0 Å². The molecule has 0 saturated carbocycles. The highest BCUT2D eigenvalue weighted by molar-refractivity contribution is 5.98. The van der Waals surface area contributed by atoms with E-state index in [1.54, 1.807) is 44.2 Å². The number of carbonyl (C=O) groups excluding carboxylic acids is 7. The Morgan fingerprint density at radius 2 is 0.920 bits per heavy atom. The maximum Gasteiger partial charge on any atom is 0.326 e. The lowest BCUT2D eigenvalue weighted by Gasteiger charge is -2.29. The highest BCUT2D eigenvalue weighted by Gasteiger charge is 2.36. The first kappa shape index (κ1) is 64.9. The topological polar surface area (TPSA) is 508 Å². The largest absolute Gasteiger partial charge is 0.481 e. The molecule has 29 nitrogen and oxygen atoms in total. The lowest BCUT2D eigenvalue weighted by atomic mass is 9.97. The second kappa shape index (κ2) is 33.6. The first-order valence-electron chi connectivity index (χ1n) is 24.1. The van der Waals surface area contributed by atoms with Gasteiger partial charge in [-0.3, -0.25) is 57.9 Å². The van der Waals surface area contributed by atoms with Crippen molar-refractivity contribution in [2.75, 3.05) is 13.1 Å². The van der Waals surface area contributed by atoms with Gasteiger partial charge in [0, 0.05) is 32.4 Å². The van der Waals surface area contributed by atoms with Crippen LogP contribution in [0, 0.1) is 11.8 Å². The second-order valence-electron chi connectivity index (χ2n) is 17.9. The van der Waals surface area contributed by atoms with E-state index in [0.29, 0.717) is 12.0 Å². The minimum absolute atomic E-state index is 0.00394. The molecule has 0 fully saturated rings. The standard InChI is InChI=1S/C46H74N14O15/c1-5-24(4)36(44(74)75)60-43(73)35(23(2)3)59-40(70)29(16-18-33(63)64)55-39(69)28(15-17-32(61)62)56-41(71)30(21-25-11-7-6-8-12-25)57-42(72)31(22-34(65)66)58-38(68)27(14-10-20-53-46(50)51)54-37(67)26(47)13-9-19-52-45(48)49/h6-8,11-12,23-24,26-31,35-36H,5,9-10,13-22,47H2,1-4H3,(H,54,67)(H,55,69)(H,56,71)(H,57,72)(H,58,68)(H,59,70)(H,60,73)(H,61,62)(H,63,64)(H,65,66)(H,74,75)(H4,48,49,52)(H4,50,51,53)/t24-,26-,27-,28-,29-,30-,31-,35-,36-/m0/s1. The van der Waals surface area contributed by atoms with E-state index in [4.69, 9.17) is 28.7 Å². The van der Waals surface area contributed by atoms with Gasteiger partial charge in [0.05, 0.1) is 12.5 Å². The number of carbonyl (C=O) groups is 11. The summed E-state index contributed by atoms with van der Waals surface area (Å²) in [5, 5.41) is 55.3. The Balaban J connectivity index is 3.61. The van der Waals surface area contributed by atoms with Crippen LogP contribution in [-0.2, 0) is 59.2 Å². The molecule has 75 heavy (non-hydrogen) atoms. The van der Waals surface area contributed by atoms with Crippen LogP contribution in [0.25, 0.3) is 0 Å². The summed E-state index contributed by atoms with van der Waals surface area (Å²) in [6.07, 6.45) is -3.41. The van der Waals surface area contributed by atoms with Gasteiger partial charge in [-0.25, -0.2) is 4.79 Å². The van der Waals surface area contributed by atoms with Crippen molar-refractivity contribution < 1.29 is 73.2 Å². The third-order valence-electron chi connectivity index (χ3n) is 11.4. The van der Waals surface area contributed by atoms with Gasteiger partial charge in [-0.15, -0.1) is 0 Å². The highest BCUT2D eigenvalue weighted by atomic mass is 16.4. The van der Waals surface area contributed by atoms with Gasteiger partial charge in [0.2, 0.25) is 41.4 Å². The summed E-state index contributed by atoms with van der Waals surface area (Å²) in [4.78, 5) is 152. The van der Waals surface area contributed by atoms with Gasteiger partial charge in [0.1, 0.15) is 42.3 Å². The Morgan fingerprint density at radius 1 is 0.507 bits per heavy atom. The van der Waals surface area contributed by atoms with Gasteiger partial charge < -0.3 is 86.3 Å². The maximum absolute atomic E-state index is 14.3. The molecular weight excluding hydrogens is 989 g/mol. The Labute approximate surface area is 432 Å². The smallest absolute Gasteiger partial charge is 0.326 e. The van der Waals surface area contributed by atoms with Gasteiger partial charge in [-0.2, -0.15) is 0 Å². The monoisotopic (exact) mass is 1060 g/mol. The minimum Gasteiger partial charge on any atom is -0.481 e. The zero-order valence-corrected chi connectivity index (χ0v) is 42.4. The van der Waals surface area contributed by atoms with E-state index in [9.17, 15) is 73.2 Å². The number of nitrogens with one attached hydrogen (secondary N) is 7. The van der Waals surface area contributed by atoms with E-state index in [1.165, 1.54) is 13.8 Å². The molecule has 1 aromatic rings. The number of aliphatic carboxylic acids is 4. The molecule has 0 aliphatic heterocycles. The average Bonchev–Trinajstić information content (AvgIpc) is 3.33. The first-order chi connectivity index (χ1) is 35.2. The van der Waals surface area contributed by atoms with Gasteiger partial charge in [-0.1, -0.05) is 64.4 Å². The predicted molar refractivity (Wildman–Crippen MR) is 269 cm³/mol. The van der Waals surface area contributed by atoms with Crippen molar-refractivity contribution in [3.05, 3.63) is 35.9 Å². The molecule has 0 unspecified atom stereocenters. The van der Waals surface area contributed by atoms with Gasteiger partial charge in [0.25, 0.3) is 0 Å². The normalized spacial score (nSPS) is 14.5. The molecule has 0 aliphatic rings. The van der Waals surface area contributed by atoms with Crippen LogP contribution in [0.3, 0.4) is 0 Å². The number of guanidine groups is 2. The van der Waals surface area contributed by atoms with E-state index < -0.39 is 158 Å². The fourth-order valence-electron chi connectivity index (χ4n) is 7.02. The average molecular weight is 1060 g/mol. The molecule has 0 saturated heterocycles. The van der Waals surface area contributed by atoms with Crippen LogP contribution in [0.5, 0.6) is 0 Å². The minimum atomic E-state index is -1.92. The van der Waals surface area contributed by atoms with Crippen LogP contribution >= 0.6 is 0 Å². The second-order valence-corrected chi connectivity index (χ2v) is 17.9. The van der Waals surface area contributed by atoms with Crippen LogP contribution < -0.4 is 65.9 Å². The van der Waals surface area contributed by atoms with E-state index in [0.717, 1.165) is 0 Å². The summed E-state index contributed by atoms with van der Waals surface area (Å²) < 4.78 is 0. The van der Waals surface area contributed by atoms with Crippen molar-refractivity contribution in [2.45, 2.75) is 147 Å². The zero-order valence-electron chi connectivity index (χ0n) is 42.4. The number of rotatable bonds is 36. The molecule has 0 radical (unpaired) electrons. The number of carboxylic acid groups (broad SMARTS) is 4. The van der Waals surface area contributed by atoms with Gasteiger partial charge >= 0.3 is 23.9 Å². The molecule has 1 rings (SSSR count). The molecule has 29 heteroatoms. The molecule has 418 valence electrons. The van der Waals surface area contributed by atoms with Crippen molar-refractivity contribution >= 4 is 77.1 Å². The highest BCUT2D eigenvalue weighted by Crippen LogP contribution is 2.13. The molecule has 9 atom stereocenters. The van der Waals surface area contributed by atoms with Crippen LogP contribution in [0.15, 0.2) is 40.3 Å². The summed E-state index contributed by atoms with van der Waals surface area (Å²) >= 11 is 0. The number of benzene rings is 1. The van der Waals surface area contributed by atoms with E-state index in [-0.39, 0.29) is 57.1 Å². The Kier molecular flexibility index (Phi) is 29.1. The van der Waals surface area contributed by atoms with Crippen LogP contribution in [0.1, 0.15) is 97.5 Å². The van der Waals surface area contributed by atoms with Crippen LogP contribution in [0.2, 0.25) is 0 Å². The van der Waals surface area contributed by atoms with Crippen molar-refractivity contribution in [3.8, 4) is 0 Å². The maximum atomic E-state index is 14.3. The summed E-state index contributed by atoms with van der Waals surface area (Å²) in [6, 6.07) is -4.57. The molecule has 21 N–H and O–H groups in total. The Morgan fingerprint density at radius 3 is 1.37 bits per heavy atom. The third-order valence-corrected chi connectivity index (χ3v) is 11.4. The molecule has 0 bridgehead atoms. The number of carboxylic acids is 4. The number of nitrogens with two attached hydrogens (primary N) is 5. The van der Waals surface area contributed by atoms with Crippen molar-refractivity contribution in [1.82, 2.24) is 37.2 Å². The number of hydrogen-bond acceptors (Lipinski definition) is 14. The van der Waals surface area contributed by atoms with Crippen LogP contribution in [0.4, 0.5) is 0 Å². The predicted octanol–water partition coefficient (Wildman–Crippen LogP) is -3.95. The zero-order chi connectivity index (χ0) is 56.9. The molecule has 0 aliphatic carbocycles. The summed E-state index contributed by atoms with van der Waals surface area (Å²) in [6.45, 7) is 6.51. The van der Waals surface area contributed by atoms with E-state index in [2.05, 4.69) is 47.2 Å². The molecule has 1 aromatic carbocycles. The fourth-order valence-corrected chi connectivity index (χ4v) is 7.02. The molecule has 0 spiro atoms. The van der Waals surface area contributed by atoms with Gasteiger partial charge in [-0.05, 0) is 55.9 Å². The molecular formula is C46H74N14O15. The van der Waals surface area contributed by atoms with Crippen molar-refractivity contribution in [2.24, 2.45) is 50.5 Å². The SMILES string of the molecule is CC[C@H](C)[C@H](NC(=O)[C@@H](NC(=O)[C@H](CCC(=O)O)NC(=O)[C@H](CCC(=O)O)NC(=O)[C@H](Cc1ccccc1)NC(=O)[C@H](CC(=O)O)NC(=O)[C@H](CCCN=C(N)N)NC(=O)[C@@H](N)CCCN=C(N)N)C(C)C)C(=O)O. The summed E-state index contributed by atoms with van der Waals surface area (Å²) in [5.74, 6) is -14.8. The third kappa shape index (κ3) is 25.9. The lowest BCUT2D eigenvalue weighted by molar-refractivity contribution is -0.144. The molecule has 7 amide bonds. The number of amides is 7. The number of aliphatic imine (C=N–C) groups is 2. The number of nitrogens with zero attached hydrogens (tertiary/aromatic N) is 2. The lowest BCUT2D eigenvalue weighted by Crippen LogP contribution is -2.61. The first-order valence-corrected chi connectivity index (χ1v) is 24.1. The number of hydrogen-bond donors (Lipinski definition) is 16.